The van der Waals surface area contributed by atoms with Crippen LogP contribution < -0.4 is 0 Å². The highest BCUT2D eigenvalue weighted by Gasteiger charge is 2.25. The number of aryl methyl sites for hydroxylation is 1. The molecule has 0 aliphatic carbocycles. The van der Waals surface area contributed by atoms with E-state index in [1.54, 1.807) is 15.9 Å². The van der Waals surface area contributed by atoms with Crippen molar-refractivity contribution in [2.75, 3.05) is 26.2 Å². The molecule has 0 atom stereocenters. The third-order valence-corrected chi connectivity index (χ3v) is 4.81. The van der Waals surface area contributed by atoms with Gasteiger partial charge < -0.3 is 9.80 Å². The average Bonchev–Trinajstić information content (AvgIpc) is 2.99. The number of hydrogen-bond acceptors (Lipinski definition) is 4. The molecule has 7 heteroatoms. The second-order valence-electron chi connectivity index (χ2n) is 5.72. The van der Waals surface area contributed by atoms with Gasteiger partial charge in [-0.3, -0.25) is 9.59 Å². The van der Waals surface area contributed by atoms with Gasteiger partial charge in [0.1, 0.15) is 5.82 Å². The molecule has 1 aromatic heterocycles. The fraction of sp³-hybridized carbons (Fsp3) is 0.353. The van der Waals surface area contributed by atoms with Crippen LogP contribution in [0.1, 0.15) is 21.1 Å². The van der Waals surface area contributed by atoms with Gasteiger partial charge in [0.05, 0.1) is 17.1 Å². The first-order valence-electron chi connectivity index (χ1n) is 7.76. The van der Waals surface area contributed by atoms with Crippen molar-refractivity contribution in [1.82, 2.24) is 14.8 Å². The number of hydrogen-bond donors (Lipinski definition) is 0. The Bertz CT molecular complexity index is 754. The zero-order valence-corrected chi connectivity index (χ0v) is 14.2. The van der Waals surface area contributed by atoms with Crippen molar-refractivity contribution in [2.24, 2.45) is 0 Å². The molecule has 2 amide bonds. The number of thiazole rings is 1. The number of rotatable bonds is 3. The largest absolute Gasteiger partial charge is 0.339 e. The van der Waals surface area contributed by atoms with Crippen LogP contribution in [0.25, 0.3) is 0 Å². The lowest BCUT2D eigenvalue weighted by atomic mass is 10.1. The Labute approximate surface area is 143 Å². The molecule has 0 bridgehead atoms. The second-order valence-corrected chi connectivity index (χ2v) is 6.78. The van der Waals surface area contributed by atoms with Crippen molar-refractivity contribution in [1.29, 1.82) is 0 Å². The van der Waals surface area contributed by atoms with Crippen molar-refractivity contribution in [3.8, 4) is 0 Å². The van der Waals surface area contributed by atoms with Gasteiger partial charge >= 0.3 is 0 Å². The molecule has 0 N–H and O–H groups in total. The maximum absolute atomic E-state index is 13.2. The summed E-state index contributed by atoms with van der Waals surface area (Å²) in [6.45, 7) is 3.80. The summed E-state index contributed by atoms with van der Waals surface area (Å²) >= 11 is 1.53. The summed E-state index contributed by atoms with van der Waals surface area (Å²) in [5.41, 5.74) is 1.13. The zero-order chi connectivity index (χ0) is 17.1. The number of carbonyl (C=O) groups excluding carboxylic acids is 2. The van der Waals surface area contributed by atoms with Crippen molar-refractivity contribution in [2.45, 2.75) is 13.3 Å². The summed E-state index contributed by atoms with van der Waals surface area (Å²) in [6, 6.07) is 5.68. The van der Waals surface area contributed by atoms with E-state index in [4.69, 9.17) is 0 Å². The number of nitrogens with zero attached hydrogens (tertiary/aromatic N) is 3. The van der Waals surface area contributed by atoms with E-state index in [0.29, 0.717) is 38.2 Å². The van der Waals surface area contributed by atoms with E-state index in [-0.39, 0.29) is 11.8 Å². The highest BCUT2D eigenvalue weighted by Crippen LogP contribution is 2.13. The molecule has 0 spiro atoms. The Morgan fingerprint density at radius 3 is 2.54 bits per heavy atom. The first kappa shape index (κ1) is 16.6. The third kappa shape index (κ3) is 3.79. The molecule has 1 aliphatic heterocycles. The van der Waals surface area contributed by atoms with Gasteiger partial charge in [0, 0.05) is 37.1 Å². The minimum atomic E-state index is -0.423. The minimum Gasteiger partial charge on any atom is -0.339 e. The molecule has 2 aromatic rings. The average molecular weight is 347 g/mol. The zero-order valence-electron chi connectivity index (χ0n) is 13.4. The molecule has 3 rings (SSSR count). The lowest BCUT2D eigenvalue weighted by Crippen LogP contribution is -2.51. The lowest BCUT2D eigenvalue weighted by Gasteiger charge is -2.34. The molecule has 1 fully saturated rings. The summed E-state index contributed by atoms with van der Waals surface area (Å²) in [5.74, 6) is -0.594. The van der Waals surface area contributed by atoms with E-state index in [1.807, 2.05) is 12.3 Å². The van der Waals surface area contributed by atoms with Crippen LogP contribution in [0, 0.1) is 12.7 Å². The van der Waals surface area contributed by atoms with Gasteiger partial charge in [-0.25, -0.2) is 9.37 Å². The van der Waals surface area contributed by atoms with Gasteiger partial charge in [0.15, 0.2) is 0 Å². The van der Waals surface area contributed by atoms with E-state index < -0.39 is 5.82 Å². The van der Waals surface area contributed by atoms with E-state index >= 15 is 0 Å². The van der Waals surface area contributed by atoms with Crippen molar-refractivity contribution in [3.05, 3.63) is 51.7 Å². The van der Waals surface area contributed by atoms with Gasteiger partial charge in [-0.05, 0) is 25.1 Å². The number of piperazine rings is 1. The minimum absolute atomic E-state index is 0.0261. The highest BCUT2D eigenvalue weighted by molar-refractivity contribution is 7.09. The molecule has 126 valence electrons. The smallest absolute Gasteiger partial charge is 0.254 e. The van der Waals surface area contributed by atoms with Crippen LogP contribution in [0.3, 0.4) is 0 Å². The van der Waals surface area contributed by atoms with Crippen LogP contribution in [-0.4, -0.2) is 52.8 Å². The Hall–Kier alpha value is -2.28. The molecule has 0 unspecified atom stereocenters. The first-order valence-corrected chi connectivity index (χ1v) is 8.64. The summed E-state index contributed by atoms with van der Waals surface area (Å²) in [5, 5.41) is 2.85. The van der Waals surface area contributed by atoms with Crippen LogP contribution in [0.4, 0.5) is 4.39 Å². The van der Waals surface area contributed by atoms with Crippen LogP contribution >= 0.6 is 11.3 Å². The molecule has 5 nitrogen and oxygen atoms in total. The Balaban J connectivity index is 1.55. The molecule has 1 saturated heterocycles. The van der Waals surface area contributed by atoms with Gasteiger partial charge in [-0.1, -0.05) is 6.07 Å². The van der Waals surface area contributed by atoms with Gasteiger partial charge in [-0.2, -0.15) is 0 Å². The van der Waals surface area contributed by atoms with Crippen LogP contribution in [0.5, 0.6) is 0 Å². The number of benzene rings is 1. The van der Waals surface area contributed by atoms with Gasteiger partial charge in [0.25, 0.3) is 5.91 Å². The Morgan fingerprint density at radius 2 is 1.92 bits per heavy atom. The third-order valence-electron chi connectivity index (χ3n) is 3.99. The molecule has 1 aromatic carbocycles. The van der Waals surface area contributed by atoms with E-state index in [1.165, 1.54) is 29.5 Å². The number of halogens is 1. The molecule has 0 radical (unpaired) electrons. The SMILES string of the molecule is Cc1nc(CC(=O)N2CCN(C(=O)c3cccc(F)c3)CC2)cs1. The highest BCUT2D eigenvalue weighted by atomic mass is 32.1. The summed E-state index contributed by atoms with van der Waals surface area (Å²) in [4.78, 5) is 32.4. The van der Waals surface area contributed by atoms with Gasteiger partial charge in [-0.15, -0.1) is 11.3 Å². The standard InChI is InChI=1S/C17H18FN3O2S/c1-12-19-15(11-24-12)10-16(22)20-5-7-21(8-6-20)17(23)13-3-2-4-14(18)9-13/h2-4,9,11H,5-8,10H2,1H3. The first-order chi connectivity index (χ1) is 11.5. The fourth-order valence-electron chi connectivity index (χ4n) is 2.72. The maximum atomic E-state index is 13.2. The molecular weight excluding hydrogens is 329 g/mol. The molecular formula is C17H18FN3O2S. The summed E-state index contributed by atoms with van der Waals surface area (Å²) in [6.07, 6.45) is 0.294. The van der Waals surface area contributed by atoms with Crippen molar-refractivity contribution < 1.29 is 14.0 Å². The molecule has 0 saturated carbocycles. The van der Waals surface area contributed by atoms with Crippen LogP contribution in [-0.2, 0) is 11.2 Å². The monoisotopic (exact) mass is 347 g/mol. The maximum Gasteiger partial charge on any atom is 0.254 e. The van der Waals surface area contributed by atoms with Crippen molar-refractivity contribution in [3.63, 3.8) is 0 Å². The van der Waals surface area contributed by atoms with E-state index in [9.17, 15) is 14.0 Å². The predicted octanol–water partition coefficient (Wildman–Crippen LogP) is 2.12. The number of carbonyl (C=O) groups is 2. The Kier molecular flexibility index (Phi) is 4.89. The Morgan fingerprint density at radius 1 is 1.21 bits per heavy atom. The molecule has 24 heavy (non-hydrogen) atoms. The lowest BCUT2D eigenvalue weighted by molar-refractivity contribution is -0.132. The van der Waals surface area contributed by atoms with E-state index in [0.717, 1.165) is 10.7 Å². The molecule has 2 heterocycles. The second kappa shape index (κ2) is 7.09. The topological polar surface area (TPSA) is 53.5 Å². The van der Waals surface area contributed by atoms with E-state index in [2.05, 4.69) is 4.98 Å². The van der Waals surface area contributed by atoms with Gasteiger partial charge in [0.2, 0.25) is 5.91 Å². The van der Waals surface area contributed by atoms with Crippen LogP contribution in [0.2, 0.25) is 0 Å². The fourth-order valence-corrected chi connectivity index (χ4v) is 3.33. The summed E-state index contributed by atoms with van der Waals surface area (Å²) in [7, 11) is 0. The van der Waals surface area contributed by atoms with Crippen LogP contribution in [0.15, 0.2) is 29.6 Å². The quantitative estimate of drug-likeness (QED) is 0.855. The number of aromatic nitrogens is 1. The predicted molar refractivity (Wildman–Crippen MR) is 89.4 cm³/mol. The van der Waals surface area contributed by atoms with Crippen molar-refractivity contribution >= 4 is 23.2 Å². The molecule has 1 aliphatic rings. The summed E-state index contributed by atoms with van der Waals surface area (Å²) < 4.78 is 13.2. The normalized spacial score (nSPS) is 14.8. The number of amides is 2.